The Labute approximate surface area is 171 Å². The third-order valence-corrected chi connectivity index (χ3v) is 5.24. The van der Waals surface area contributed by atoms with Crippen molar-refractivity contribution in [2.75, 3.05) is 39.4 Å². The molecule has 28 heavy (non-hydrogen) atoms. The van der Waals surface area contributed by atoms with Crippen molar-refractivity contribution in [3.05, 3.63) is 22.7 Å². The van der Waals surface area contributed by atoms with Crippen molar-refractivity contribution in [2.24, 2.45) is 16.6 Å². The second-order valence-electron chi connectivity index (χ2n) is 7.21. The molecule has 1 saturated heterocycles. The summed E-state index contributed by atoms with van der Waals surface area (Å²) in [7, 11) is 0. The van der Waals surface area contributed by atoms with Crippen molar-refractivity contribution in [1.82, 2.24) is 10.2 Å². The van der Waals surface area contributed by atoms with Gasteiger partial charge in [-0.2, -0.15) is 0 Å². The molecule has 2 heterocycles. The van der Waals surface area contributed by atoms with E-state index in [0.29, 0.717) is 48.6 Å². The zero-order valence-corrected chi connectivity index (χ0v) is 17.1. The van der Waals surface area contributed by atoms with E-state index in [1.807, 2.05) is 12.1 Å². The molecule has 1 aromatic carbocycles. The highest BCUT2D eigenvalue weighted by Gasteiger charge is 2.23. The number of amides is 1. The number of rotatable bonds is 6. The van der Waals surface area contributed by atoms with E-state index in [2.05, 4.69) is 17.1 Å². The first-order valence-corrected chi connectivity index (χ1v) is 10.3. The van der Waals surface area contributed by atoms with Gasteiger partial charge in [0, 0.05) is 32.6 Å². The van der Waals surface area contributed by atoms with Crippen LogP contribution in [0.5, 0.6) is 11.5 Å². The summed E-state index contributed by atoms with van der Waals surface area (Å²) >= 11 is 6.32. The number of carbonyl (C=O) groups excluding carboxylic acids is 1. The highest BCUT2D eigenvalue weighted by molar-refractivity contribution is 6.32. The summed E-state index contributed by atoms with van der Waals surface area (Å²) in [4.78, 5) is 18.3. The molecule has 0 aromatic heterocycles. The predicted octanol–water partition coefficient (Wildman–Crippen LogP) is 2.21. The third kappa shape index (κ3) is 5.44. The number of carbonyl (C=O) groups is 1. The summed E-state index contributed by atoms with van der Waals surface area (Å²) in [5.41, 5.74) is 6.44. The first-order chi connectivity index (χ1) is 13.6. The molecule has 0 spiro atoms. The normalized spacial score (nSPS) is 19.4. The van der Waals surface area contributed by atoms with Crippen molar-refractivity contribution >= 4 is 23.5 Å². The Hall–Kier alpha value is -2.15. The quantitative estimate of drug-likeness (QED) is 0.556. The summed E-state index contributed by atoms with van der Waals surface area (Å²) in [5, 5.41) is 3.94. The average Bonchev–Trinajstić information content (AvgIpc) is 2.67. The van der Waals surface area contributed by atoms with E-state index in [1.165, 1.54) is 0 Å². The molecule has 2 aliphatic rings. The standard InChI is InChI=1S/C20H29ClN4O3/c1-2-23-20(25-7-3-4-15(13-25)12-18(22)26)24-6-5-14-10-16(21)19-17(11-14)27-8-9-28-19/h10-11,15H,2-9,12-13H2,1H3,(H2,22,26)(H,23,24). The summed E-state index contributed by atoms with van der Waals surface area (Å²) in [6.07, 6.45) is 3.27. The average molecular weight is 409 g/mol. The van der Waals surface area contributed by atoms with E-state index in [9.17, 15) is 4.79 Å². The lowest BCUT2D eigenvalue weighted by Gasteiger charge is -2.34. The van der Waals surface area contributed by atoms with Gasteiger partial charge in [0.2, 0.25) is 5.91 Å². The molecule has 3 N–H and O–H groups in total. The number of nitrogens with one attached hydrogen (secondary N) is 1. The first-order valence-electron chi connectivity index (χ1n) is 9.96. The topological polar surface area (TPSA) is 89.2 Å². The predicted molar refractivity (Wildman–Crippen MR) is 110 cm³/mol. The minimum atomic E-state index is -0.232. The van der Waals surface area contributed by atoms with Gasteiger partial charge in [-0.25, -0.2) is 0 Å². The molecular formula is C20H29ClN4O3. The van der Waals surface area contributed by atoms with Gasteiger partial charge in [0.15, 0.2) is 17.5 Å². The summed E-state index contributed by atoms with van der Waals surface area (Å²) in [6.45, 7) is 6.30. The minimum absolute atomic E-state index is 0.232. The molecule has 7 nitrogen and oxygen atoms in total. The molecule has 1 unspecified atom stereocenters. The Morgan fingerprint density at radius 1 is 1.39 bits per heavy atom. The lowest BCUT2D eigenvalue weighted by Crippen LogP contribution is -2.47. The van der Waals surface area contributed by atoms with Crippen molar-refractivity contribution in [3.8, 4) is 11.5 Å². The number of halogens is 1. The van der Waals surface area contributed by atoms with Gasteiger partial charge in [0.1, 0.15) is 13.2 Å². The Morgan fingerprint density at radius 3 is 3.00 bits per heavy atom. The van der Waals surface area contributed by atoms with Crippen LogP contribution < -0.4 is 20.5 Å². The highest BCUT2D eigenvalue weighted by atomic mass is 35.5. The van der Waals surface area contributed by atoms with Crippen LogP contribution in [0.4, 0.5) is 0 Å². The zero-order chi connectivity index (χ0) is 19.9. The van der Waals surface area contributed by atoms with Gasteiger partial charge in [-0.3, -0.25) is 9.79 Å². The molecule has 0 saturated carbocycles. The van der Waals surface area contributed by atoms with E-state index in [4.69, 9.17) is 31.8 Å². The molecule has 154 valence electrons. The molecule has 1 aromatic rings. The van der Waals surface area contributed by atoms with Gasteiger partial charge in [-0.1, -0.05) is 11.6 Å². The van der Waals surface area contributed by atoms with Crippen LogP contribution >= 0.6 is 11.6 Å². The smallest absolute Gasteiger partial charge is 0.217 e. The number of guanidine groups is 1. The number of ether oxygens (including phenoxy) is 2. The minimum Gasteiger partial charge on any atom is -0.486 e. The fourth-order valence-electron chi connectivity index (χ4n) is 3.73. The molecule has 2 aliphatic heterocycles. The Morgan fingerprint density at radius 2 is 2.21 bits per heavy atom. The number of nitrogens with zero attached hydrogens (tertiary/aromatic N) is 2. The number of hydrogen-bond donors (Lipinski definition) is 2. The number of fused-ring (bicyclic) bond motifs is 1. The van der Waals surface area contributed by atoms with E-state index in [1.54, 1.807) is 0 Å². The zero-order valence-electron chi connectivity index (χ0n) is 16.4. The van der Waals surface area contributed by atoms with Crippen LogP contribution in [0.1, 0.15) is 31.7 Å². The van der Waals surface area contributed by atoms with E-state index >= 15 is 0 Å². The van der Waals surface area contributed by atoms with Crippen molar-refractivity contribution in [2.45, 2.75) is 32.6 Å². The molecule has 1 atom stereocenters. The van der Waals surface area contributed by atoms with Crippen LogP contribution in [0.15, 0.2) is 17.1 Å². The number of aliphatic imine (C=N–C) groups is 1. The second-order valence-corrected chi connectivity index (χ2v) is 7.62. The molecule has 1 amide bonds. The van der Waals surface area contributed by atoms with Gasteiger partial charge in [0.25, 0.3) is 0 Å². The van der Waals surface area contributed by atoms with E-state index in [0.717, 1.165) is 50.4 Å². The fourth-order valence-corrected chi connectivity index (χ4v) is 4.02. The third-order valence-electron chi connectivity index (χ3n) is 4.96. The Kier molecular flexibility index (Phi) is 7.25. The number of nitrogens with two attached hydrogens (primary N) is 1. The maximum atomic E-state index is 11.3. The second kappa shape index (κ2) is 9.87. The lowest BCUT2D eigenvalue weighted by atomic mass is 9.95. The highest BCUT2D eigenvalue weighted by Crippen LogP contribution is 2.38. The van der Waals surface area contributed by atoms with Gasteiger partial charge in [0.05, 0.1) is 5.02 Å². The van der Waals surface area contributed by atoms with Gasteiger partial charge in [-0.15, -0.1) is 0 Å². The monoisotopic (exact) mass is 408 g/mol. The van der Waals surface area contributed by atoms with Gasteiger partial charge >= 0.3 is 0 Å². The number of hydrogen-bond acceptors (Lipinski definition) is 4. The number of benzene rings is 1. The lowest BCUT2D eigenvalue weighted by molar-refractivity contribution is -0.119. The molecule has 0 radical (unpaired) electrons. The largest absolute Gasteiger partial charge is 0.486 e. The number of likely N-dealkylation sites (tertiary alicyclic amines) is 1. The Bertz CT molecular complexity index is 726. The van der Waals surface area contributed by atoms with Crippen molar-refractivity contribution < 1.29 is 14.3 Å². The number of primary amides is 1. The van der Waals surface area contributed by atoms with Crippen LogP contribution in [0.2, 0.25) is 5.02 Å². The molecular weight excluding hydrogens is 380 g/mol. The first kappa shape index (κ1) is 20.6. The van der Waals surface area contributed by atoms with Crippen LogP contribution in [-0.2, 0) is 11.2 Å². The fraction of sp³-hybridized carbons (Fsp3) is 0.600. The molecule has 3 rings (SSSR count). The number of piperidine rings is 1. The summed E-state index contributed by atoms with van der Waals surface area (Å²) in [5.74, 6) is 2.29. The van der Waals surface area contributed by atoms with Crippen LogP contribution in [0, 0.1) is 5.92 Å². The Balaban J connectivity index is 1.63. The van der Waals surface area contributed by atoms with Crippen LogP contribution in [0.25, 0.3) is 0 Å². The maximum Gasteiger partial charge on any atom is 0.217 e. The molecule has 0 bridgehead atoms. The molecule has 1 fully saturated rings. The van der Waals surface area contributed by atoms with E-state index in [-0.39, 0.29) is 5.91 Å². The van der Waals surface area contributed by atoms with Crippen molar-refractivity contribution in [1.29, 1.82) is 0 Å². The van der Waals surface area contributed by atoms with Crippen LogP contribution in [-0.4, -0.2) is 56.2 Å². The van der Waals surface area contributed by atoms with Crippen molar-refractivity contribution in [3.63, 3.8) is 0 Å². The van der Waals surface area contributed by atoms with Gasteiger partial charge < -0.3 is 25.4 Å². The maximum absolute atomic E-state index is 11.3. The molecule has 8 heteroatoms. The summed E-state index contributed by atoms with van der Waals surface area (Å²) in [6, 6.07) is 3.90. The van der Waals surface area contributed by atoms with Crippen LogP contribution in [0.3, 0.4) is 0 Å². The SMILES string of the molecule is CCNC(=NCCc1cc(Cl)c2c(c1)OCCO2)N1CCCC(CC(N)=O)C1. The van der Waals surface area contributed by atoms with E-state index < -0.39 is 0 Å². The summed E-state index contributed by atoms with van der Waals surface area (Å²) < 4.78 is 11.2. The molecule has 0 aliphatic carbocycles. The van der Waals surface area contributed by atoms with Gasteiger partial charge in [-0.05, 0) is 49.8 Å².